The van der Waals surface area contributed by atoms with E-state index in [9.17, 15) is 9.59 Å². The Kier molecular flexibility index (Phi) is 6.81. The van der Waals surface area contributed by atoms with Crippen molar-refractivity contribution in [2.45, 2.75) is 37.9 Å². The van der Waals surface area contributed by atoms with Crippen LogP contribution in [0, 0.1) is 11.8 Å². The Morgan fingerprint density at radius 3 is 2.92 bits per heavy atom. The van der Waals surface area contributed by atoms with Crippen LogP contribution in [0.25, 0.3) is 0 Å². The fourth-order valence-corrected chi connectivity index (χ4v) is 4.97. The van der Waals surface area contributed by atoms with Gasteiger partial charge in [0.2, 0.25) is 0 Å². The van der Waals surface area contributed by atoms with E-state index < -0.39 is 0 Å². The van der Waals surface area contributed by atoms with Gasteiger partial charge in [0, 0.05) is 33.2 Å². The van der Waals surface area contributed by atoms with Gasteiger partial charge < -0.3 is 9.26 Å². The number of benzene rings is 1. The van der Waals surface area contributed by atoms with Gasteiger partial charge in [-0.1, -0.05) is 36.4 Å². The number of rotatable bonds is 8. The first-order valence-electron chi connectivity index (χ1n) is 8.69. The van der Waals surface area contributed by atoms with Crippen molar-refractivity contribution in [2.75, 3.05) is 0 Å². The van der Waals surface area contributed by atoms with E-state index in [0.717, 1.165) is 21.0 Å². The Hall–Kier alpha value is -1.02. The molecule has 7 heteroatoms. The van der Waals surface area contributed by atoms with Crippen molar-refractivity contribution in [1.29, 1.82) is 0 Å². The number of hydrogen-bond acceptors (Lipinski definition) is 4. The molecule has 1 aliphatic carbocycles. The zero-order chi connectivity index (χ0) is 17.6. The van der Waals surface area contributed by atoms with E-state index in [1.807, 2.05) is 36.4 Å². The van der Waals surface area contributed by atoms with Crippen LogP contribution in [-0.4, -0.2) is 31.5 Å². The van der Waals surface area contributed by atoms with Crippen molar-refractivity contribution in [3.05, 3.63) is 48.0 Å². The lowest BCUT2D eigenvalue weighted by atomic mass is 9.91. The molecule has 0 amide bonds. The quantitative estimate of drug-likeness (QED) is 0.303. The molecule has 1 saturated heterocycles. The molecule has 132 valence electrons. The van der Waals surface area contributed by atoms with E-state index in [1.165, 1.54) is 5.56 Å². The fraction of sp³-hybridized carbons (Fsp3) is 0.444. The van der Waals surface area contributed by atoms with E-state index in [4.69, 9.17) is 9.26 Å². The summed E-state index contributed by atoms with van der Waals surface area (Å²) in [6.07, 6.45) is 6.11. The summed E-state index contributed by atoms with van der Waals surface area (Å²) in [5.74, 6) is 0.250. The van der Waals surface area contributed by atoms with Gasteiger partial charge in [-0.05, 0) is 18.1 Å². The van der Waals surface area contributed by atoms with Gasteiger partial charge in [0.1, 0.15) is 13.7 Å². The SMILES string of the molecule is BPPO[C@@H]1CC2OC(=O)C[C@@H]2[C@H]1/C=C/C(=O)CCc1ccccc1. The van der Waals surface area contributed by atoms with Gasteiger partial charge in [0.25, 0.3) is 0 Å². The lowest BCUT2D eigenvalue weighted by Gasteiger charge is -2.19. The maximum Gasteiger partial charge on any atom is 0.306 e. The topological polar surface area (TPSA) is 52.6 Å². The minimum atomic E-state index is -0.123. The number of ketones is 1. The van der Waals surface area contributed by atoms with Gasteiger partial charge in [-0.2, -0.15) is 0 Å². The summed E-state index contributed by atoms with van der Waals surface area (Å²) < 4.78 is 11.4. The third-order valence-corrected chi connectivity index (χ3v) is 6.46. The molecule has 3 rings (SSSR count). The Balaban J connectivity index is 1.58. The Bertz CT molecular complexity index is 637. The summed E-state index contributed by atoms with van der Waals surface area (Å²) in [4.78, 5) is 23.8. The molecule has 1 aliphatic heterocycles. The number of ether oxygens (including phenoxy) is 1. The van der Waals surface area contributed by atoms with Gasteiger partial charge in [-0.3, -0.25) is 9.59 Å². The number of aryl methyl sites for hydroxylation is 1. The second-order valence-electron chi connectivity index (χ2n) is 6.53. The van der Waals surface area contributed by atoms with Crippen LogP contribution in [0.1, 0.15) is 24.8 Å². The molecule has 4 nitrogen and oxygen atoms in total. The van der Waals surface area contributed by atoms with Gasteiger partial charge in [-0.15, -0.1) is 8.15 Å². The van der Waals surface area contributed by atoms with Gasteiger partial charge in [0.05, 0.1) is 12.5 Å². The molecular formula is C18H23BO4P2. The molecule has 0 N–H and O–H groups in total. The molecular weight excluding hydrogens is 353 g/mol. The first-order valence-corrected chi connectivity index (χ1v) is 12.1. The average molecular weight is 376 g/mol. The average Bonchev–Trinajstić information content (AvgIpc) is 3.13. The van der Waals surface area contributed by atoms with Gasteiger partial charge in [0.15, 0.2) is 5.78 Å². The molecule has 1 aromatic rings. The van der Waals surface area contributed by atoms with E-state index in [1.54, 1.807) is 6.08 Å². The molecule has 0 radical (unpaired) electrons. The van der Waals surface area contributed by atoms with Crippen molar-refractivity contribution < 1.29 is 18.8 Å². The monoisotopic (exact) mass is 376 g/mol. The summed E-state index contributed by atoms with van der Waals surface area (Å²) >= 11 is 0. The number of fused-ring (bicyclic) bond motifs is 1. The molecule has 6 atom stereocenters. The summed E-state index contributed by atoms with van der Waals surface area (Å²) in [6, 6.07) is 10.0. The van der Waals surface area contributed by atoms with Crippen LogP contribution >= 0.6 is 16.6 Å². The fourth-order valence-electron chi connectivity index (χ4n) is 3.64. The van der Waals surface area contributed by atoms with Crippen molar-refractivity contribution in [2.24, 2.45) is 11.8 Å². The zero-order valence-electron chi connectivity index (χ0n) is 14.3. The van der Waals surface area contributed by atoms with Crippen LogP contribution < -0.4 is 0 Å². The maximum absolute atomic E-state index is 12.2. The second-order valence-corrected chi connectivity index (χ2v) is 9.58. The van der Waals surface area contributed by atoms with Crippen LogP contribution in [0.2, 0.25) is 0 Å². The van der Waals surface area contributed by atoms with Gasteiger partial charge in [-0.25, -0.2) is 0 Å². The molecule has 0 bridgehead atoms. The first-order chi connectivity index (χ1) is 12.2. The number of carbonyl (C=O) groups is 2. The summed E-state index contributed by atoms with van der Waals surface area (Å²) in [5.41, 5.74) is 1.17. The third-order valence-electron chi connectivity index (χ3n) is 4.87. The normalized spacial score (nSPS) is 29.2. The highest BCUT2D eigenvalue weighted by Crippen LogP contribution is 2.47. The lowest BCUT2D eigenvalue weighted by Crippen LogP contribution is -2.19. The van der Waals surface area contributed by atoms with E-state index in [2.05, 4.69) is 7.57 Å². The molecule has 2 fully saturated rings. The molecule has 1 saturated carbocycles. The third kappa shape index (κ3) is 5.00. The first kappa shape index (κ1) is 18.8. The Morgan fingerprint density at radius 2 is 2.16 bits per heavy atom. The molecule has 1 heterocycles. The van der Waals surface area contributed by atoms with Crippen LogP contribution in [0.15, 0.2) is 42.5 Å². The van der Waals surface area contributed by atoms with Crippen molar-refractivity contribution >= 4 is 36.0 Å². The van der Waals surface area contributed by atoms with Crippen LogP contribution in [0.4, 0.5) is 0 Å². The smallest absolute Gasteiger partial charge is 0.306 e. The number of esters is 1. The number of hydrogen-bond donors (Lipinski definition) is 0. The highest BCUT2D eigenvalue weighted by atomic mass is 32.0. The van der Waals surface area contributed by atoms with Crippen LogP contribution in [0.3, 0.4) is 0 Å². The van der Waals surface area contributed by atoms with Crippen molar-refractivity contribution in [3.8, 4) is 0 Å². The summed E-state index contributed by atoms with van der Waals surface area (Å²) in [6.45, 7) is 0. The predicted molar refractivity (Wildman–Crippen MR) is 105 cm³/mol. The summed E-state index contributed by atoms with van der Waals surface area (Å²) in [5, 5.41) is 0. The van der Waals surface area contributed by atoms with Crippen LogP contribution in [-0.2, 0) is 25.3 Å². The van der Waals surface area contributed by atoms with E-state index in [-0.39, 0.29) is 35.8 Å². The maximum atomic E-state index is 12.2. The molecule has 25 heavy (non-hydrogen) atoms. The minimum absolute atomic E-state index is 0.0449. The minimum Gasteiger partial charge on any atom is -0.462 e. The van der Waals surface area contributed by atoms with E-state index in [0.29, 0.717) is 21.3 Å². The summed E-state index contributed by atoms with van der Waals surface area (Å²) in [7, 11) is 3.36. The largest absolute Gasteiger partial charge is 0.462 e. The molecule has 0 spiro atoms. The molecule has 0 aromatic heterocycles. The molecule has 3 unspecified atom stereocenters. The van der Waals surface area contributed by atoms with Crippen molar-refractivity contribution in [3.63, 3.8) is 0 Å². The van der Waals surface area contributed by atoms with Gasteiger partial charge >= 0.3 is 5.97 Å². The Labute approximate surface area is 153 Å². The number of allylic oxidation sites excluding steroid dienone is 1. The van der Waals surface area contributed by atoms with E-state index >= 15 is 0 Å². The predicted octanol–water partition coefficient (Wildman–Crippen LogP) is 2.82. The highest BCUT2D eigenvalue weighted by molar-refractivity contribution is 8.21. The molecule has 1 aromatic carbocycles. The van der Waals surface area contributed by atoms with Crippen LogP contribution in [0.5, 0.6) is 0 Å². The Morgan fingerprint density at radius 1 is 1.36 bits per heavy atom. The standard InChI is InChI=1S/C18H23BO4P2/c19-24-25-23-17-11-16-15(10-18(21)22-16)14(17)9-8-13(20)7-6-12-4-2-1-3-5-12/h1-5,8-9,14-17,24-25H,6-7,10-11,19H2/b9-8+/t14-,15-,16?,17-/m1/s1. The molecule has 2 aliphatic rings. The number of carbonyl (C=O) groups excluding carboxylic acids is 2. The highest BCUT2D eigenvalue weighted by Gasteiger charge is 2.49. The lowest BCUT2D eigenvalue weighted by molar-refractivity contribution is -0.141. The second kappa shape index (κ2) is 9.08. The van der Waals surface area contributed by atoms with Crippen molar-refractivity contribution in [1.82, 2.24) is 0 Å². The zero-order valence-corrected chi connectivity index (χ0v) is 16.3.